The van der Waals surface area contributed by atoms with Crippen molar-refractivity contribution in [1.29, 1.82) is 0 Å². The molecule has 1 aromatic carbocycles. The summed E-state index contributed by atoms with van der Waals surface area (Å²) in [6.45, 7) is 1.12. The molecule has 9 heteroatoms. The maximum absolute atomic E-state index is 12.4. The fourth-order valence-electron chi connectivity index (χ4n) is 3.12. The molecular formula is C20H21Cl2N3O3S. The van der Waals surface area contributed by atoms with Gasteiger partial charge in [-0.25, -0.2) is 0 Å². The topological polar surface area (TPSA) is 69.7 Å². The molecule has 2 heterocycles. The van der Waals surface area contributed by atoms with Crippen LogP contribution in [0.1, 0.15) is 23.3 Å². The number of carbonyl (C=O) groups excluding carboxylic acids is 3. The van der Waals surface area contributed by atoms with Crippen LogP contribution >= 0.6 is 34.5 Å². The van der Waals surface area contributed by atoms with E-state index in [1.54, 1.807) is 34.4 Å². The van der Waals surface area contributed by atoms with Crippen LogP contribution in [0.25, 0.3) is 0 Å². The highest BCUT2D eigenvalue weighted by atomic mass is 35.5. The van der Waals surface area contributed by atoms with Crippen LogP contribution in [0.5, 0.6) is 0 Å². The normalized spacial score (nSPS) is 13.0. The minimum absolute atomic E-state index is 0.0455. The third-order valence-corrected chi connectivity index (χ3v) is 6.40. The summed E-state index contributed by atoms with van der Waals surface area (Å²) in [5.41, 5.74) is 1.50. The number of benzene rings is 1. The number of amides is 3. The summed E-state index contributed by atoms with van der Waals surface area (Å²) in [4.78, 5) is 41.4. The van der Waals surface area contributed by atoms with Gasteiger partial charge in [-0.15, -0.1) is 11.3 Å². The van der Waals surface area contributed by atoms with Gasteiger partial charge < -0.3 is 15.1 Å². The largest absolute Gasteiger partial charge is 0.338 e. The lowest BCUT2D eigenvalue weighted by atomic mass is 10.1. The minimum atomic E-state index is -0.414. The predicted octanol–water partition coefficient (Wildman–Crippen LogP) is 3.82. The van der Waals surface area contributed by atoms with Crippen molar-refractivity contribution < 1.29 is 14.4 Å². The molecule has 0 spiro atoms. The zero-order chi connectivity index (χ0) is 21.0. The van der Waals surface area contributed by atoms with Crippen molar-refractivity contribution in [2.75, 3.05) is 25.5 Å². The average molecular weight is 454 g/mol. The number of rotatable bonds is 6. The smallest absolute Gasteiger partial charge is 0.244 e. The van der Waals surface area contributed by atoms with Gasteiger partial charge in [0.25, 0.3) is 0 Å². The van der Waals surface area contributed by atoms with E-state index in [0.29, 0.717) is 28.8 Å². The van der Waals surface area contributed by atoms with Gasteiger partial charge in [-0.3, -0.25) is 14.4 Å². The number of thiophene rings is 1. The maximum atomic E-state index is 12.4. The number of anilines is 1. The second-order valence-electron chi connectivity index (χ2n) is 6.83. The molecule has 3 amide bonds. The van der Waals surface area contributed by atoms with Crippen molar-refractivity contribution in [2.24, 2.45) is 0 Å². The molecule has 6 nitrogen and oxygen atoms in total. The third-order valence-electron chi connectivity index (χ3n) is 4.75. The molecule has 3 rings (SSSR count). The Morgan fingerprint density at radius 3 is 2.62 bits per heavy atom. The number of nitrogens with one attached hydrogen (secondary N) is 1. The number of halogens is 2. The lowest BCUT2D eigenvalue weighted by Crippen LogP contribution is -2.38. The number of carbonyl (C=O) groups is 3. The monoisotopic (exact) mass is 453 g/mol. The van der Waals surface area contributed by atoms with E-state index in [0.717, 1.165) is 6.42 Å². The summed E-state index contributed by atoms with van der Waals surface area (Å²) < 4.78 is 0. The summed E-state index contributed by atoms with van der Waals surface area (Å²) in [6, 6.07) is 6.95. The van der Waals surface area contributed by atoms with Crippen molar-refractivity contribution in [3.63, 3.8) is 0 Å². The highest BCUT2D eigenvalue weighted by Crippen LogP contribution is 2.29. The Balaban J connectivity index is 1.45. The Hall–Kier alpha value is -2.09. The molecule has 0 saturated carbocycles. The number of likely N-dealkylation sites (N-methyl/N-ethyl adjacent to an activating group) is 1. The molecule has 1 aliphatic rings. The molecule has 0 unspecified atom stereocenters. The van der Waals surface area contributed by atoms with E-state index in [2.05, 4.69) is 5.32 Å². The fourth-order valence-corrected chi connectivity index (χ4v) is 4.51. The second-order valence-corrected chi connectivity index (χ2v) is 8.64. The van der Waals surface area contributed by atoms with E-state index in [1.807, 2.05) is 11.4 Å². The summed E-state index contributed by atoms with van der Waals surface area (Å²) in [7, 11) is 1.53. The highest BCUT2D eigenvalue weighted by Gasteiger charge is 2.23. The lowest BCUT2D eigenvalue weighted by molar-refractivity contribution is -0.137. The average Bonchev–Trinajstić information content (AvgIpc) is 3.16. The van der Waals surface area contributed by atoms with Crippen molar-refractivity contribution in [3.8, 4) is 0 Å². The first-order valence-corrected chi connectivity index (χ1v) is 10.8. The number of para-hydroxylation sites is 1. The zero-order valence-electron chi connectivity index (χ0n) is 15.9. The summed E-state index contributed by atoms with van der Waals surface area (Å²) >= 11 is 13.8. The SMILES string of the molecule is CN(CC(=O)Nc1c(Cl)cccc1Cl)C(=O)CCC(=O)N1CCc2sccc2C1. The Bertz CT molecular complexity index is 911. The number of hydrogen-bond donors (Lipinski definition) is 1. The highest BCUT2D eigenvalue weighted by molar-refractivity contribution is 7.10. The molecule has 1 N–H and O–H groups in total. The molecule has 2 aromatic rings. The summed E-state index contributed by atoms with van der Waals surface area (Å²) in [6.07, 6.45) is 1.04. The molecular weight excluding hydrogens is 433 g/mol. The van der Waals surface area contributed by atoms with Gasteiger partial charge in [-0.2, -0.15) is 0 Å². The van der Waals surface area contributed by atoms with Gasteiger partial charge in [-0.05, 0) is 35.6 Å². The Morgan fingerprint density at radius 2 is 1.90 bits per heavy atom. The quantitative estimate of drug-likeness (QED) is 0.722. The van der Waals surface area contributed by atoms with Crippen LogP contribution < -0.4 is 5.32 Å². The molecule has 0 atom stereocenters. The Kier molecular flexibility index (Phi) is 7.16. The molecule has 0 aliphatic carbocycles. The van der Waals surface area contributed by atoms with Crippen LogP contribution in [-0.4, -0.2) is 47.7 Å². The van der Waals surface area contributed by atoms with Crippen molar-refractivity contribution in [3.05, 3.63) is 50.1 Å². The molecule has 29 heavy (non-hydrogen) atoms. The lowest BCUT2D eigenvalue weighted by Gasteiger charge is -2.27. The molecule has 0 bridgehead atoms. The van der Waals surface area contributed by atoms with Gasteiger partial charge in [0.15, 0.2) is 0 Å². The second kappa shape index (κ2) is 9.61. The van der Waals surface area contributed by atoms with Crippen LogP contribution in [0, 0.1) is 0 Å². The molecule has 154 valence electrons. The van der Waals surface area contributed by atoms with E-state index in [-0.39, 0.29) is 31.2 Å². The van der Waals surface area contributed by atoms with Crippen LogP contribution in [0.3, 0.4) is 0 Å². The predicted molar refractivity (Wildman–Crippen MR) is 115 cm³/mol. The van der Waals surface area contributed by atoms with Gasteiger partial charge in [0.1, 0.15) is 0 Å². The van der Waals surface area contributed by atoms with E-state index in [1.165, 1.54) is 22.4 Å². The molecule has 1 aliphatic heterocycles. The Labute approximate surface area is 183 Å². The fraction of sp³-hybridized carbons (Fsp3) is 0.350. The molecule has 0 saturated heterocycles. The van der Waals surface area contributed by atoms with E-state index in [4.69, 9.17) is 23.2 Å². The van der Waals surface area contributed by atoms with Gasteiger partial charge in [0.05, 0.1) is 22.3 Å². The van der Waals surface area contributed by atoms with Gasteiger partial charge >= 0.3 is 0 Å². The van der Waals surface area contributed by atoms with Gasteiger partial charge in [0.2, 0.25) is 17.7 Å². The van der Waals surface area contributed by atoms with Crippen LogP contribution in [0.15, 0.2) is 29.6 Å². The minimum Gasteiger partial charge on any atom is -0.338 e. The first-order valence-electron chi connectivity index (χ1n) is 9.16. The molecule has 0 fully saturated rings. The van der Waals surface area contributed by atoms with Crippen LogP contribution in [-0.2, 0) is 27.3 Å². The van der Waals surface area contributed by atoms with E-state index < -0.39 is 5.91 Å². The number of nitrogens with zero attached hydrogens (tertiary/aromatic N) is 2. The first kappa shape index (κ1) is 21.6. The third kappa shape index (κ3) is 5.50. The van der Waals surface area contributed by atoms with Crippen molar-refractivity contribution in [1.82, 2.24) is 9.80 Å². The van der Waals surface area contributed by atoms with E-state index >= 15 is 0 Å². The summed E-state index contributed by atoms with van der Waals surface area (Å²) in [5, 5.41) is 5.30. The number of hydrogen-bond acceptors (Lipinski definition) is 4. The van der Waals surface area contributed by atoms with Crippen LogP contribution in [0.2, 0.25) is 10.0 Å². The van der Waals surface area contributed by atoms with Gasteiger partial charge in [0, 0.05) is 37.9 Å². The van der Waals surface area contributed by atoms with E-state index in [9.17, 15) is 14.4 Å². The van der Waals surface area contributed by atoms with Crippen LogP contribution in [0.4, 0.5) is 5.69 Å². The molecule has 1 aromatic heterocycles. The van der Waals surface area contributed by atoms with Crippen molar-refractivity contribution in [2.45, 2.75) is 25.8 Å². The molecule has 0 radical (unpaired) electrons. The Morgan fingerprint density at radius 1 is 1.17 bits per heavy atom. The zero-order valence-corrected chi connectivity index (χ0v) is 18.2. The number of fused-ring (bicyclic) bond motifs is 1. The summed E-state index contributed by atoms with van der Waals surface area (Å²) in [5.74, 6) is -0.730. The standard InChI is InChI=1S/C20H21Cl2N3O3S/c1-24(12-17(26)23-20-14(21)3-2-4-15(20)22)18(27)5-6-19(28)25-9-7-16-13(11-25)8-10-29-16/h2-4,8,10H,5-7,9,11-12H2,1H3,(H,23,26). The van der Waals surface area contributed by atoms with Gasteiger partial charge in [-0.1, -0.05) is 29.3 Å². The first-order chi connectivity index (χ1) is 13.8. The van der Waals surface area contributed by atoms with Crippen molar-refractivity contribution >= 4 is 57.9 Å². The maximum Gasteiger partial charge on any atom is 0.244 e.